The molecule has 1 N–H and O–H groups in total. The fourth-order valence-corrected chi connectivity index (χ4v) is 1.80. The number of methoxy groups -OCH3 is 1. The maximum Gasteiger partial charge on any atom is 0.148 e. The highest BCUT2D eigenvalue weighted by Gasteiger charge is 2.13. The van der Waals surface area contributed by atoms with Crippen LogP contribution in [0.4, 0.5) is 5.82 Å². The maximum absolute atomic E-state index is 9.17. The van der Waals surface area contributed by atoms with Gasteiger partial charge in [0, 0.05) is 20.4 Å². The van der Waals surface area contributed by atoms with Gasteiger partial charge in [-0.15, -0.1) is 0 Å². The molecule has 2 rings (SSSR count). The summed E-state index contributed by atoms with van der Waals surface area (Å²) < 4.78 is 12.1. The molecule has 7 heteroatoms. The summed E-state index contributed by atoms with van der Waals surface area (Å²) in [6.07, 6.45) is 3.17. The Morgan fingerprint density at radius 2 is 2.26 bits per heavy atom. The molecule has 100 valence electrons. The molecule has 0 fully saturated rings. The summed E-state index contributed by atoms with van der Waals surface area (Å²) in [5.74, 6) is 0.636. The zero-order valence-corrected chi connectivity index (χ0v) is 10.9. The summed E-state index contributed by atoms with van der Waals surface area (Å²) in [6.45, 7) is 1.34. The van der Waals surface area contributed by atoms with E-state index in [1.54, 1.807) is 24.9 Å². The minimum atomic E-state index is 0.321. The molecule has 0 unspecified atom stereocenters. The van der Waals surface area contributed by atoms with E-state index in [2.05, 4.69) is 21.4 Å². The predicted octanol–water partition coefficient (Wildman–Crippen LogP) is 0.965. The van der Waals surface area contributed by atoms with Gasteiger partial charge in [-0.3, -0.25) is 0 Å². The smallest absolute Gasteiger partial charge is 0.148 e. The van der Waals surface area contributed by atoms with Gasteiger partial charge in [0.1, 0.15) is 30.6 Å². The number of hydrogen-bond acceptors (Lipinski definition) is 6. The number of nitrogens with zero attached hydrogens (tertiary/aromatic N) is 4. The zero-order valence-electron chi connectivity index (χ0n) is 10.9. The van der Waals surface area contributed by atoms with Crippen molar-refractivity contribution in [2.45, 2.75) is 6.73 Å². The molecular weight excluding hydrogens is 246 g/mol. The molecule has 2 heterocycles. The maximum atomic E-state index is 9.17. The predicted molar refractivity (Wildman–Crippen MR) is 69.6 cm³/mol. The second-order valence-corrected chi connectivity index (χ2v) is 3.83. The number of nitriles is 1. The minimum absolute atomic E-state index is 0.321. The van der Waals surface area contributed by atoms with E-state index in [4.69, 9.17) is 9.47 Å². The van der Waals surface area contributed by atoms with Crippen LogP contribution in [0.1, 0.15) is 5.56 Å². The molecule has 0 aliphatic rings. The highest BCUT2D eigenvalue weighted by atomic mass is 16.5. The summed E-state index contributed by atoms with van der Waals surface area (Å²) in [6, 6.07) is 2.15. The van der Waals surface area contributed by atoms with E-state index in [-0.39, 0.29) is 0 Å². The van der Waals surface area contributed by atoms with Crippen LogP contribution in [0, 0.1) is 11.3 Å². The number of ether oxygens (including phenoxy) is 2. The lowest BCUT2D eigenvalue weighted by Gasteiger charge is -2.06. The molecule has 0 aliphatic carbocycles. The highest BCUT2D eigenvalue weighted by Crippen LogP contribution is 2.24. The Bertz CT molecular complexity index is 602. The summed E-state index contributed by atoms with van der Waals surface area (Å²) in [4.78, 5) is 8.32. The SMILES string of the molecule is CNc1ncnc2c1c(C#N)cn2COCCOC. The number of rotatable bonds is 6. The lowest BCUT2D eigenvalue weighted by atomic mass is 10.2. The van der Waals surface area contributed by atoms with Crippen molar-refractivity contribution in [2.75, 3.05) is 32.7 Å². The Balaban J connectivity index is 2.33. The first-order valence-corrected chi connectivity index (χ1v) is 5.80. The van der Waals surface area contributed by atoms with Gasteiger partial charge < -0.3 is 19.4 Å². The molecule has 0 aliphatic heterocycles. The Morgan fingerprint density at radius 1 is 1.42 bits per heavy atom. The Hall–Kier alpha value is -2.17. The van der Waals surface area contributed by atoms with Crippen LogP contribution >= 0.6 is 0 Å². The van der Waals surface area contributed by atoms with Crippen molar-refractivity contribution in [3.8, 4) is 6.07 Å². The highest BCUT2D eigenvalue weighted by molar-refractivity contribution is 5.92. The molecule has 0 aromatic carbocycles. The minimum Gasteiger partial charge on any atom is -0.382 e. The van der Waals surface area contributed by atoms with Gasteiger partial charge in [-0.25, -0.2) is 9.97 Å². The van der Waals surface area contributed by atoms with Gasteiger partial charge >= 0.3 is 0 Å². The van der Waals surface area contributed by atoms with Crippen molar-refractivity contribution in [1.82, 2.24) is 14.5 Å². The van der Waals surface area contributed by atoms with E-state index >= 15 is 0 Å². The van der Waals surface area contributed by atoms with Crippen molar-refractivity contribution in [2.24, 2.45) is 0 Å². The number of anilines is 1. The van der Waals surface area contributed by atoms with Crippen LogP contribution in [-0.2, 0) is 16.2 Å². The van der Waals surface area contributed by atoms with Gasteiger partial charge in [0.25, 0.3) is 0 Å². The first-order chi connectivity index (χ1) is 9.31. The molecule has 0 spiro atoms. The Kier molecular flexibility index (Phi) is 4.28. The van der Waals surface area contributed by atoms with E-state index in [9.17, 15) is 5.26 Å². The van der Waals surface area contributed by atoms with E-state index in [1.165, 1.54) is 6.33 Å². The molecule has 0 atom stereocenters. The van der Waals surface area contributed by atoms with E-state index < -0.39 is 0 Å². The van der Waals surface area contributed by atoms with Crippen LogP contribution in [-0.4, -0.2) is 41.9 Å². The van der Waals surface area contributed by atoms with Crippen LogP contribution in [0.3, 0.4) is 0 Å². The third-order valence-electron chi connectivity index (χ3n) is 2.67. The summed E-state index contributed by atoms with van der Waals surface area (Å²) >= 11 is 0. The molecule has 7 nitrogen and oxygen atoms in total. The molecular formula is C12H15N5O2. The van der Waals surface area contributed by atoms with Crippen molar-refractivity contribution in [1.29, 1.82) is 5.26 Å². The lowest BCUT2D eigenvalue weighted by molar-refractivity contribution is 0.0358. The molecule has 0 amide bonds. The van der Waals surface area contributed by atoms with Crippen LogP contribution in [0.15, 0.2) is 12.5 Å². The number of fused-ring (bicyclic) bond motifs is 1. The molecule has 2 aromatic heterocycles. The quantitative estimate of drug-likeness (QED) is 0.780. The Labute approximate surface area is 110 Å². The second kappa shape index (κ2) is 6.13. The average Bonchev–Trinajstić information content (AvgIpc) is 2.82. The van der Waals surface area contributed by atoms with Gasteiger partial charge in [-0.05, 0) is 0 Å². The zero-order chi connectivity index (χ0) is 13.7. The fourth-order valence-electron chi connectivity index (χ4n) is 1.80. The first kappa shape index (κ1) is 13.3. The van der Waals surface area contributed by atoms with Gasteiger partial charge in [-0.2, -0.15) is 5.26 Å². The number of hydrogen-bond donors (Lipinski definition) is 1. The second-order valence-electron chi connectivity index (χ2n) is 3.83. The molecule has 0 radical (unpaired) electrons. The summed E-state index contributed by atoms with van der Waals surface area (Å²) in [5, 5.41) is 12.8. The Morgan fingerprint density at radius 3 is 2.95 bits per heavy atom. The monoisotopic (exact) mass is 261 g/mol. The average molecular weight is 261 g/mol. The largest absolute Gasteiger partial charge is 0.382 e. The van der Waals surface area contributed by atoms with Gasteiger partial charge in [-0.1, -0.05) is 0 Å². The van der Waals surface area contributed by atoms with Crippen molar-refractivity contribution < 1.29 is 9.47 Å². The van der Waals surface area contributed by atoms with Crippen LogP contribution in [0.5, 0.6) is 0 Å². The first-order valence-electron chi connectivity index (χ1n) is 5.80. The van der Waals surface area contributed by atoms with Gasteiger partial charge in [0.15, 0.2) is 0 Å². The van der Waals surface area contributed by atoms with E-state index in [0.717, 1.165) is 0 Å². The van der Waals surface area contributed by atoms with E-state index in [0.29, 0.717) is 42.4 Å². The van der Waals surface area contributed by atoms with Gasteiger partial charge in [0.2, 0.25) is 0 Å². The van der Waals surface area contributed by atoms with Crippen molar-refractivity contribution in [3.63, 3.8) is 0 Å². The lowest BCUT2D eigenvalue weighted by Crippen LogP contribution is -2.07. The number of aromatic nitrogens is 3. The topological polar surface area (TPSA) is 85.0 Å². The third-order valence-corrected chi connectivity index (χ3v) is 2.67. The third kappa shape index (κ3) is 2.65. The molecule has 0 saturated heterocycles. The molecule has 2 aromatic rings. The van der Waals surface area contributed by atoms with E-state index in [1.807, 2.05) is 0 Å². The van der Waals surface area contributed by atoms with Gasteiger partial charge in [0.05, 0.1) is 24.2 Å². The molecule has 0 bridgehead atoms. The van der Waals surface area contributed by atoms with Crippen LogP contribution in [0.2, 0.25) is 0 Å². The normalized spacial score (nSPS) is 10.6. The molecule has 0 saturated carbocycles. The summed E-state index contributed by atoms with van der Waals surface area (Å²) in [7, 11) is 3.38. The summed E-state index contributed by atoms with van der Waals surface area (Å²) in [5.41, 5.74) is 1.20. The van der Waals surface area contributed by atoms with Crippen molar-refractivity contribution in [3.05, 3.63) is 18.1 Å². The fraction of sp³-hybridized carbons (Fsp3) is 0.417. The van der Waals surface area contributed by atoms with Crippen LogP contribution < -0.4 is 5.32 Å². The van der Waals surface area contributed by atoms with Crippen molar-refractivity contribution >= 4 is 16.9 Å². The molecule has 19 heavy (non-hydrogen) atoms. The standard InChI is InChI=1S/C12H15N5O2/c1-14-11-10-9(5-13)6-17(8-19-4-3-18-2)12(10)16-7-15-11/h6-7H,3-4,8H2,1-2H3,(H,14,15,16). The van der Waals surface area contributed by atoms with Crippen LogP contribution in [0.25, 0.3) is 11.0 Å². The number of nitrogens with one attached hydrogen (secondary N) is 1.